The molecule has 6 nitrogen and oxygen atoms in total. The fourth-order valence-corrected chi connectivity index (χ4v) is 4.15. The Morgan fingerprint density at radius 3 is 1.25 bits per heavy atom. The molecular formula is C18H18F8O6. The Hall–Kier alpha value is -1.70. The van der Waals surface area contributed by atoms with Gasteiger partial charge in [0.1, 0.15) is 0 Å². The van der Waals surface area contributed by atoms with Crippen LogP contribution in [0.4, 0.5) is 35.1 Å². The number of epoxide rings is 2. The molecule has 2 saturated heterocycles. The molecule has 0 spiro atoms. The minimum atomic E-state index is -6.90. The molecule has 6 atom stereocenters. The number of halogens is 8. The lowest BCUT2D eigenvalue weighted by Crippen LogP contribution is -2.64. The molecular weight excluding hydrogens is 464 g/mol. The molecule has 4 fully saturated rings. The van der Waals surface area contributed by atoms with Crippen molar-refractivity contribution in [3.05, 3.63) is 0 Å². The van der Waals surface area contributed by atoms with E-state index in [4.69, 9.17) is 9.47 Å². The van der Waals surface area contributed by atoms with Crippen molar-refractivity contribution in [3.8, 4) is 0 Å². The van der Waals surface area contributed by atoms with Crippen LogP contribution in [0, 0.1) is 11.8 Å². The summed E-state index contributed by atoms with van der Waals surface area (Å²) in [5, 5.41) is 0. The maximum Gasteiger partial charge on any atom is 0.473 e. The third-order valence-electron chi connectivity index (χ3n) is 6.26. The van der Waals surface area contributed by atoms with Crippen molar-refractivity contribution in [3.63, 3.8) is 0 Å². The second-order valence-electron chi connectivity index (χ2n) is 8.47. The molecule has 0 aromatic carbocycles. The zero-order valence-electron chi connectivity index (χ0n) is 16.2. The number of ether oxygens (including phenoxy) is 4. The average molecular weight is 482 g/mol. The quantitative estimate of drug-likeness (QED) is 0.313. The van der Waals surface area contributed by atoms with Crippen LogP contribution in [0.5, 0.6) is 0 Å². The van der Waals surface area contributed by atoms with Crippen molar-refractivity contribution >= 4 is 11.9 Å². The standard InChI is InChI=1S/C18H18F8O6/c19-15(20,17(23,24)31-13(27)7-1-3-9-11(5-7)29-9)16(21,22)18(25,26)32-14(28)8-2-4-10-12(6-8)30-10/h7-12H,1-6H2. The number of hydrogen-bond acceptors (Lipinski definition) is 6. The van der Waals surface area contributed by atoms with E-state index in [1.54, 1.807) is 0 Å². The van der Waals surface area contributed by atoms with E-state index < -0.39 is 60.0 Å². The minimum absolute atomic E-state index is 0.0846. The van der Waals surface area contributed by atoms with Crippen LogP contribution in [0.1, 0.15) is 38.5 Å². The minimum Gasteiger partial charge on any atom is -0.396 e. The van der Waals surface area contributed by atoms with Gasteiger partial charge in [-0.15, -0.1) is 0 Å². The van der Waals surface area contributed by atoms with Crippen LogP contribution in [0.15, 0.2) is 0 Å². The lowest BCUT2D eigenvalue weighted by molar-refractivity contribution is -0.449. The lowest BCUT2D eigenvalue weighted by atomic mass is 9.89. The molecule has 2 saturated carbocycles. The number of rotatable bonds is 7. The van der Waals surface area contributed by atoms with Crippen molar-refractivity contribution in [1.82, 2.24) is 0 Å². The van der Waals surface area contributed by atoms with E-state index in [0.717, 1.165) is 0 Å². The maximum absolute atomic E-state index is 14.0. The molecule has 2 aliphatic heterocycles. The molecule has 32 heavy (non-hydrogen) atoms. The summed E-state index contributed by atoms with van der Waals surface area (Å²) in [5.41, 5.74) is 0. The monoisotopic (exact) mass is 482 g/mol. The van der Waals surface area contributed by atoms with E-state index in [2.05, 4.69) is 9.47 Å². The number of hydrogen-bond donors (Lipinski definition) is 0. The molecule has 4 aliphatic rings. The van der Waals surface area contributed by atoms with Crippen molar-refractivity contribution in [1.29, 1.82) is 0 Å². The van der Waals surface area contributed by atoms with E-state index in [-0.39, 0.29) is 50.7 Å². The summed E-state index contributed by atoms with van der Waals surface area (Å²) in [6, 6.07) is 0. The predicted octanol–water partition coefficient (Wildman–Crippen LogP) is 3.66. The van der Waals surface area contributed by atoms with E-state index in [9.17, 15) is 44.7 Å². The third kappa shape index (κ3) is 3.93. The van der Waals surface area contributed by atoms with E-state index in [1.165, 1.54) is 0 Å². The summed E-state index contributed by atoms with van der Waals surface area (Å²) < 4.78 is 128. The third-order valence-corrected chi connectivity index (χ3v) is 6.26. The summed E-state index contributed by atoms with van der Waals surface area (Å²) in [6.45, 7) is 0. The summed E-state index contributed by atoms with van der Waals surface area (Å²) in [4.78, 5) is 23.6. The molecule has 0 radical (unpaired) electrons. The number of fused-ring (bicyclic) bond motifs is 2. The van der Waals surface area contributed by atoms with Crippen LogP contribution in [0.25, 0.3) is 0 Å². The van der Waals surface area contributed by atoms with Crippen molar-refractivity contribution in [2.45, 2.75) is 87.0 Å². The first-order chi connectivity index (χ1) is 14.7. The number of esters is 2. The Morgan fingerprint density at radius 1 is 0.594 bits per heavy atom. The molecule has 6 unspecified atom stereocenters. The van der Waals surface area contributed by atoms with Crippen molar-refractivity contribution < 1.29 is 63.7 Å². The largest absolute Gasteiger partial charge is 0.473 e. The molecule has 0 N–H and O–H groups in total. The van der Waals surface area contributed by atoms with Crippen LogP contribution in [-0.2, 0) is 28.5 Å². The highest BCUT2D eigenvalue weighted by Crippen LogP contribution is 2.54. The van der Waals surface area contributed by atoms with Gasteiger partial charge < -0.3 is 18.9 Å². The van der Waals surface area contributed by atoms with Crippen LogP contribution < -0.4 is 0 Å². The van der Waals surface area contributed by atoms with E-state index in [1.807, 2.05) is 0 Å². The molecule has 4 rings (SSSR count). The topological polar surface area (TPSA) is 77.7 Å². The Balaban J connectivity index is 1.42. The molecule has 0 aromatic rings. The number of alkyl halides is 8. The Bertz CT molecular complexity index is 725. The van der Waals surface area contributed by atoms with Gasteiger partial charge in [-0.05, 0) is 38.5 Å². The SMILES string of the molecule is O=C(OC(F)(F)C(F)(F)C(F)(F)C(F)(F)OC(=O)C1CCC2OC2C1)C1CCC2OC2C1. The van der Waals surface area contributed by atoms with Gasteiger partial charge in [0.25, 0.3) is 0 Å². The molecule has 0 amide bonds. The van der Waals surface area contributed by atoms with Gasteiger partial charge in [-0.1, -0.05) is 0 Å². The zero-order chi connectivity index (χ0) is 23.7. The fourth-order valence-electron chi connectivity index (χ4n) is 4.15. The lowest BCUT2D eigenvalue weighted by Gasteiger charge is -2.35. The summed E-state index contributed by atoms with van der Waals surface area (Å²) >= 11 is 0. The van der Waals surface area contributed by atoms with Gasteiger partial charge in [0.05, 0.1) is 36.3 Å². The van der Waals surface area contributed by atoms with Gasteiger partial charge in [0, 0.05) is 0 Å². The Morgan fingerprint density at radius 2 is 0.938 bits per heavy atom. The first-order valence-corrected chi connectivity index (χ1v) is 9.94. The molecule has 2 heterocycles. The average Bonchev–Trinajstić information content (AvgIpc) is 3.59. The normalized spacial score (nSPS) is 34.8. The van der Waals surface area contributed by atoms with E-state index >= 15 is 0 Å². The Labute approximate surface area is 175 Å². The Kier molecular flexibility index (Phi) is 5.43. The molecule has 14 heteroatoms. The van der Waals surface area contributed by atoms with Gasteiger partial charge in [-0.2, -0.15) is 35.1 Å². The highest BCUT2D eigenvalue weighted by Gasteiger charge is 2.85. The zero-order valence-corrected chi connectivity index (χ0v) is 16.2. The second kappa shape index (κ2) is 7.40. The van der Waals surface area contributed by atoms with Crippen molar-refractivity contribution in [2.24, 2.45) is 11.8 Å². The van der Waals surface area contributed by atoms with Crippen LogP contribution in [-0.4, -0.2) is 60.4 Å². The van der Waals surface area contributed by atoms with Gasteiger partial charge >= 0.3 is 36.0 Å². The number of carbonyl (C=O) groups excluding carboxylic acids is 2. The summed E-state index contributed by atoms with van der Waals surface area (Å²) in [7, 11) is 0. The smallest absolute Gasteiger partial charge is 0.396 e. The molecule has 0 bridgehead atoms. The first kappa shape index (κ1) is 23.5. The maximum atomic E-state index is 14.0. The second-order valence-corrected chi connectivity index (χ2v) is 8.47. The highest BCUT2D eigenvalue weighted by molar-refractivity contribution is 5.73. The summed E-state index contributed by atoms with van der Waals surface area (Å²) in [6.07, 6.45) is -13.9. The van der Waals surface area contributed by atoms with Crippen LogP contribution in [0.2, 0.25) is 0 Å². The fraction of sp³-hybridized carbons (Fsp3) is 0.889. The van der Waals surface area contributed by atoms with Crippen LogP contribution in [0.3, 0.4) is 0 Å². The van der Waals surface area contributed by atoms with Gasteiger partial charge in [-0.25, -0.2) is 0 Å². The predicted molar refractivity (Wildman–Crippen MR) is 84.0 cm³/mol. The van der Waals surface area contributed by atoms with Gasteiger partial charge in [0.2, 0.25) is 0 Å². The van der Waals surface area contributed by atoms with Gasteiger partial charge in [-0.3, -0.25) is 9.59 Å². The highest BCUT2D eigenvalue weighted by atomic mass is 19.4. The van der Waals surface area contributed by atoms with Crippen LogP contribution >= 0.6 is 0 Å². The first-order valence-electron chi connectivity index (χ1n) is 9.94. The molecule has 2 aliphatic carbocycles. The molecule has 0 aromatic heterocycles. The number of carbonyl (C=O) groups is 2. The van der Waals surface area contributed by atoms with E-state index in [0.29, 0.717) is 0 Å². The summed E-state index contributed by atoms with van der Waals surface area (Å²) in [5.74, 6) is -20.4. The molecule has 182 valence electrons. The van der Waals surface area contributed by atoms with Gasteiger partial charge in [0.15, 0.2) is 0 Å². The van der Waals surface area contributed by atoms with Crippen molar-refractivity contribution in [2.75, 3.05) is 0 Å².